The van der Waals surface area contributed by atoms with E-state index in [1.807, 2.05) is 0 Å². The monoisotopic (exact) mass is 228 g/mol. The molecular weight excluding hydrogens is 216 g/mol. The molecule has 15 heavy (non-hydrogen) atoms. The van der Waals surface area contributed by atoms with E-state index in [1.165, 1.54) is 14.0 Å². The van der Waals surface area contributed by atoms with E-state index in [9.17, 15) is 9.90 Å². The summed E-state index contributed by atoms with van der Waals surface area (Å²) in [7, 11) is 1.42. The average molecular weight is 229 g/mol. The second kappa shape index (κ2) is 4.53. The normalized spacial score (nSPS) is 10.1. The highest BCUT2D eigenvalue weighted by atomic mass is 35.5. The van der Waals surface area contributed by atoms with Gasteiger partial charge in [-0.25, -0.2) is 0 Å². The summed E-state index contributed by atoms with van der Waals surface area (Å²) in [5, 5.41) is 10.2. The van der Waals surface area contributed by atoms with Gasteiger partial charge in [-0.05, 0) is 25.5 Å². The summed E-state index contributed by atoms with van der Waals surface area (Å²) in [5.74, 6) is 0.161. The zero-order chi connectivity index (χ0) is 11.6. The SMILES string of the molecule is COc1c(Cl)cc(C)c(CC(C)=O)c1O. The number of phenols is 1. The molecule has 0 aliphatic rings. The number of halogens is 1. The van der Waals surface area contributed by atoms with Gasteiger partial charge in [0.15, 0.2) is 11.5 Å². The molecule has 0 fully saturated rings. The van der Waals surface area contributed by atoms with Crippen LogP contribution < -0.4 is 4.74 Å². The number of carbonyl (C=O) groups excluding carboxylic acids is 1. The van der Waals surface area contributed by atoms with Crippen molar-refractivity contribution in [2.24, 2.45) is 0 Å². The molecule has 0 aliphatic heterocycles. The lowest BCUT2D eigenvalue weighted by molar-refractivity contribution is -0.116. The van der Waals surface area contributed by atoms with Gasteiger partial charge in [-0.3, -0.25) is 4.79 Å². The second-order valence-electron chi connectivity index (χ2n) is 3.41. The highest BCUT2D eigenvalue weighted by molar-refractivity contribution is 6.32. The lowest BCUT2D eigenvalue weighted by Gasteiger charge is -2.12. The van der Waals surface area contributed by atoms with E-state index in [1.54, 1.807) is 13.0 Å². The van der Waals surface area contributed by atoms with Gasteiger partial charge in [-0.15, -0.1) is 0 Å². The predicted molar refractivity (Wildman–Crippen MR) is 58.8 cm³/mol. The first-order chi connectivity index (χ1) is 6.97. The summed E-state index contributed by atoms with van der Waals surface area (Å²) < 4.78 is 4.96. The van der Waals surface area contributed by atoms with Crippen molar-refractivity contribution >= 4 is 17.4 Å². The van der Waals surface area contributed by atoms with Crippen molar-refractivity contribution in [3.8, 4) is 11.5 Å². The molecule has 0 spiro atoms. The molecule has 4 heteroatoms. The molecule has 0 aliphatic carbocycles. The van der Waals surface area contributed by atoms with Crippen LogP contribution in [0.1, 0.15) is 18.1 Å². The molecule has 0 heterocycles. The zero-order valence-electron chi connectivity index (χ0n) is 8.93. The van der Waals surface area contributed by atoms with Gasteiger partial charge in [0.1, 0.15) is 5.78 Å². The molecule has 1 N–H and O–H groups in total. The first-order valence-electron chi connectivity index (χ1n) is 4.51. The van der Waals surface area contributed by atoms with E-state index < -0.39 is 0 Å². The number of rotatable bonds is 3. The summed E-state index contributed by atoms with van der Waals surface area (Å²) in [5.41, 5.74) is 1.36. The van der Waals surface area contributed by atoms with Crippen LogP contribution in [0.5, 0.6) is 11.5 Å². The van der Waals surface area contributed by atoms with Crippen molar-refractivity contribution in [1.82, 2.24) is 0 Å². The van der Waals surface area contributed by atoms with Crippen LogP contribution in [0.3, 0.4) is 0 Å². The molecule has 82 valence electrons. The van der Waals surface area contributed by atoms with E-state index in [2.05, 4.69) is 0 Å². The van der Waals surface area contributed by atoms with Gasteiger partial charge in [0, 0.05) is 12.0 Å². The van der Waals surface area contributed by atoms with Crippen LogP contribution in [-0.2, 0) is 11.2 Å². The van der Waals surface area contributed by atoms with Gasteiger partial charge in [-0.2, -0.15) is 0 Å². The van der Waals surface area contributed by atoms with Crippen LogP contribution in [-0.4, -0.2) is 18.0 Å². The Kier molecular flexibility index (Phi) is 3.58. The Morgan fingerprint density at radius 3 is 2.67 bits per heavy atom. The maximum atomic E-state index is 11.0. The third-order valence-corrected chi connectivity index (χ3v) is 2.45. The van der Waals surface area contributed by atoms with Gasteiger partial charge in [0.25, 0.3) is 0 Å². The summed E-state index contributed by atoms with van der Waals surface area (Å²) in [6.45, 7) is 3.27. The predicted octanol–water partition coefficient (Wildman–Crippen LogP) is 2.49. The third kappa shape index (κ3) is 2.42. The second-order valence-corrected chi connectivity index (χ2v) is 3.82. The number of hydrogen-bond donors (Lipinski definition) is 1. The van der Waals surface area contributed by atoms with Gasteiger partial charge in [0.05, 0.1) is 12.1 Å². The van der Waals surface area contributed by atoms with E-state index in [0.29, 0.717) is 10.6 Å². The summed E-state index contributed by atoms with van der Waals surface area (Å²) >= 11 is 5.87. The molecular formula is C11H13ClO3. The largest absolute Gasteiger partial charge is 0.504 e. The number of hydrogen-bond acceptors (Lipinski definition) is 3. The molecule has 1 aromatic carbocycles. The standard InChI is InChI=1S/C11H13ClO3/c1-6-4-9(12)11(15-3)10(14)8(6)5-7(2)13/h4,14H,5H2,1-3H3. The third-order valence-electron chi connectivity index (χ3n) is 2.17. The fourth-order valence-electron chi connectivity index (χ4n) is 1.45. The lowest BCUT2D eigenvalue weighted by atomic mass is 10.0. The molecule has 3 nitrogen and oxygen atoms in total. The smallest absolute Gasteiger partial charge is 0.179 e. The topological polar surface area (TPSA) is 46.5 Å². The van der Waals surface area contributed by atoms with E-state index in [-0.39, 0.29) is 23.7 Å². The number of methoxy groups -OCH3 is 1. The van der Waals surface area contributed by atoms with Gasteiger partial charge in [0.2, 0.25) is 0 Å². The Hall–Kier alpha value is -1.22. The van der Waals surface area contributed by atoms with Gasteiger partial charge >= 0.3 is 0 Å². The molecule has 0 atom stereocenters. The molecule has 0 radical (unpaired) electrons. The van der Waals surface area contributed by atoms with Crippen LogP contribution in [0.15, 0.2) is 6.07 Å². The molecule has 0 unspecified atom stereocenters. The number of benzene rings is 1. The number of ketones is 1. The highest BCUT2D eigenvalue weighted by Crippen LogP contribution is 2.39. The molecule has 0 saturated carbocycles. The van der Waals surface area contributed by atoms with Crippen LogP contribution in [0.4, 0.5) is 0 Å². The number of aryl methyl sites for hydroxylation is 1. The molecule has 1 aromatic rings. The van der Waals surface area contributed by atoms with E-state index in [4.69, 9.17) is 16.3 Å². The quantitative estimate of drug-likeness (QED) is 0.865. The number of phenolic OH excluding ortho intramolecular Hbond substituents is 1. The molecule has 0 bridgehead atoms. The first kappa shape index (κ1) is 11.9. The number of carbonyl (C=O) groups is 1. The van der Waals surface area contributed by atoms with Crippen LogP contribution in [0, 0.1) is 6.92 Å². The molecule has 1 rings (SSSR count). The summed E-state index contributed by atoms with van der Waals surface area (Å²) in [6, 6.07) is 1.68. The van der Waals surface area contributed by atoms with Gasteiger partial charge < -0.3 is 9.84 Å². The number of Topliss-reactive ketones (excluding diaryl/α,β-unsaturated/α-hetero) is 1. The average Bonchev–Trinajstić information content (AvgIpc) is 2.12. The number of aromatic hydroxyl groups is 1. The van der Waals surface area contributed by atoms with Crippen molar-refractivity contribution in [2.45, 2.75) is 20.3 Å². The van der Waals surface area contributed by atoms with Crippen LogP contribution >= 0.6 is 11.6 Å². The lowest BCUT2D eigenvalue weighted by Crippen LogP contribution is -2.01. The van der Waals surface area contributed by atoms with Crippen molar-refractivity contribution in [3.05, 3.63) is 22.2 Å². The Bertz CT molecular complexity index is 399. The zero-order valence-corrected chi connectivity index (χ0v) is 9.68. The molecule has 0 saturated heterocycles. The fourth-order valence-corrected chi connectivity index (χ4v) is 1.78. The maximum Gasteiger partial charge on any atom is 0.179 e. The number of ether oxygens (including phenoxy) is 1. The Balaban J connectivity index is 3.32. The van der Waals surface area contributed by atoms with Crippen molar-refractivity contribution in [1.29, 1.82) is 0 Å². The summed E-state index contributed by atoms with van der Waals surface area (Å²) in [4.78, 5) is 11.0. The van der Waals surface area contributed by atoms with E-state index in [0.717, 1.165) is 5.56 Å². The van der Waals surface area contributed by atoms with Crippen LogP contribution in [0.25, 0.3) is 0 Å². The van der Waals surface area contributed by atoms with E-state index >= 15 is 0 Å². The minimum atomic E-state index is -0.0438. The first-order valence-corrected chi connectivity index (χ1v) is 4.89. The Morgan fingerprint density at radius 2 is 2.20 bits per heavy atom. The maximum absolute atomic E-state index is 11.0. The van der Waals surface area contributed by atoms with Crippen molar-refractivity contribution < 1.29 is 14.6 Å². The Labute approximate surface area is 93.6 Å². The van der Waals surface area contributed by atoms with Crippen molar-refractivity contribution in [3.63, 3.8) is 0 Å². The van der Waals surface area contributed by atoms with Crippen LogP contribution in [0.2, 0.25) is 5.02 Å². The summed E-state index contributed by atoms with van der Waals surface area (Å²) in [6.07, 6.45) is 0.186. The Morgan fingerprint density at radius 1 is 1.60 bits per heavy atom. The highest BCUT2D eigenvalue weighted by Gasteiger charge is 2.16. The molecule has 0 aromatic heterocycles. The van der Waals surface area contributed by atoms with Crippen molar-refractivity contribution in [2.75, 3.05) is 7.11 Å². The van der Waals surface area contributed by atoms with Gasteiger partial charge in [-0.1, -0.05) is 11.6 Å². The molecule has 0 amide bonds. The fraction of sp³-hybridized carbons (Fsp3) is 0.364. The minimum absolute atomic E-state index is 0.0159. The minimum Gasteiger partial charge on any atom is -0.504 e.